The van der Waals surface area contributed by atoms with E-state index in [0.717, 1.165) is 5.69 Å². The van der Waals surface area contributed by atoms with Gasteiger partial charge in [0.1, 0.15) is 5.69 Å². The molecule has 0 bridgehead atoms. The Morgan fingerprint density at radius 1 is 1.50 bits per heavy atom. The van der Waals surface area contributed by atoms with E-state index in [9.17, 15) is 0 Å². The molecule has 0 aromatic carbocycles. The van der Waals surface area contributed by atoms with Crippen LogP contribution in [0, 0.1) is 18.8 Å². The van der Waals surface area contributed by atoms with E-state index in [1.165, 1.54) is 0 Å². The maximum Gasteiger partial charge on any atom is 0.135 e. The third-order valence-corrected chi connectivity index (χ3v) is 1.41. The Morgan fingerprint density at radius 2 is 2.36 bits per heavy atom. The lowest BCUT2D eigenvalue weighted by Gasteiger charge is -1.88. The predicted octanol–water partition coefficient (Wildman–Crippen LogP) is 1.84. The van der Waals surface area contributed by atoms with Crippen LogP contribution in [0.5, 0.6) is 0 Å². The molecule has 0 radical (unpaired) electrons. The van der Waals surface area contributed by atoms with Gasteiger partial charge in [-0.05, 0) is 30.5 Å². The van der Waals surface area contributed by atoms with Gasteiger partial charge in [-0.3, -0.25) is 0 Å². The van der Waals surface area contributed by atoms with Gasteiger partial charge >= 0.3 is 0 Å². The zero-order valence-electron chi connectivity index (χ0n) is 7.80. The monoisotopic (exact) mass is 187 g/mol. The van der Waals surface area contributed by atoms with E-state index in [1.807, 2.05) is 19.1 Å². The topological polar surface area (TPSA) is 74.5 Å². The lowest BCUT2D eigenvalue weighted by atomic mass is 10.3. The second kappa shape index (κ2) is 5.57. The number of hydrogen-bond donors (Lipinski definition) is 0. The van der Waals surface area contributed by atoms with E-state index in [1.54, 1.807) is 0 Å². The number of hydrogen-bond acceptors (Lipinski definition) is 3. The van der Waals surface area contributed by atoms with Gasteiger partial charge in [-0.15, -0.1) is 5.10 Å². The molecule has 0 aliphatic rings. The van der Waals surface area contributed by atoms with Crippen LogP contribution in [0.2, 0.25) is 0 Å². The summed E-state index contributed by atoms with van der Waals surface area (Å²) in [6.45, 7) is 2.26. The molecule has 0 saturated carbocycles. The summed E-state index contributed by atoms with van der Waals surface area (Å²) in [5.74, 6) is 5.66. The molecule has 0 aliphatic carbocycles. The molecule has 5 nitrogen and oxygen atoms in total. The number of aromatic nitrogens is 2. The van der Waals surface area contributed by atoms with Crippen LogP contribution in [0.4, 0.5) is 0 Å². The zero-order valence-corrected chi connectivity index (χ0v) is 7.80. The summed E-state index contributed by atoms with van der Waals surface area (Å²) in [4.78, 5) is 2.62. The molecule has 1 heterocycles. The minimum Gasteiger partial charge on any atom is -0.155 e. The number of aryl methyl sites for hydroxylation is 1. The highest BCUT2D eigenvalue weighted by atomic mass is 15.1. The first-order valence-corrected chi connectivity index (χ1v) is 4.13. The highest BCUT2D eigenvalue weighted by molar-refractivity contribution is 5.26. The van der Waals surface area contributed by atoms with E-state index in [-0.39, 0.29) is 0 Å². The minimum atomic E-state index is 0.392. The molecule has 14 heavy (non-hydrogen) atoms. The van der Waals surface area contributed by atoms with Crippen molar-refractivity contribution in [1.29, 1.82) is 0 Å². The van der Waals surface area contributed by atoms with Crippen molar-refractivity contribution >= 4 is 0 Å². The standard InChI is InChI=1S/C9H9N5/c1-8-5-6-9(13-12-8)4-2-3-7-11-14-10/h5-6H,3,7H2,1H3. The fraction of sp³-hybridized carbons (Fsp3) is 0.333. The second-order valence-corrected chi connectivity index (χ2v) is 2.57. The maximum absolute atomic E-state index is 8.00. The Labute approximate surface area is 81.8 Å². The molecule has 0 amide bonds. The molecular weight excluding hydrogens is 178 g/mol. The van der Waals surface area contributed by atoms with Crippen LogP contribution in [0.1, 0.15) is 17.8 Å². The summed E-state index contributed by atoms with van der Waals surface area (Å²) in [7, 11) is 0. The minimum absolute atomic E-state index is 0.392. The molecule has 1 aromatic heterocycles. The fourth-order valence-corrected chi connectivity index (χ4v) is 0.769. The van der Waals surface area contributed by atoms with Crippen molar-refractivity contribution in [3.8, 4) is 11.8 Å². The van der Waals surface area contributed by atoms with Crippen molar-refractivity contribution < 1.29 is 0 Å². The van der Waals surface area contributed by atoms with Gasteiger partial charge in [-0.2, -0.15) is 5.10 Å². The molecule has 0 N–H and O–H groups in total. The third kappa shape index (κ3) is 3.57. The summed E-state index contributed by atoms with van der Waals surface area (Å²) in [5.41, 5.74) is 9.50. The first kappa shape index (κ1) is 10.0. The summed E-state index contributed by atoms with van der Waals surface area (Å²) < 4.78 is 0. The third-order valence-electron chi connectivity index (χ3n) is 1.41. The van der Waals surface area contributed by atoms with E-state index in [2.05, 4.69) is 32.1 Å². The van der Waals surface area contributed by atoms with Gasteiger partial charge in [0.15, 0.2) is 0 Å². The van der Waals surface area contributed by atoms with Crippen molar-refractivity contribution in [3.05, 3.63) is 34.0 Å². The molecule has 1 rings (SSSR count). The number of azide groups is 1. The molecule has 0 atom stereocenters. The molecule has 0 unspecified atom stereocenters. The average molecular weight is 187 g/mol. The van der Waals surface area contributed by atoms with Gasteiger partial charge in [0.05, 0.1) is 5.69 Å². The maximum atomic E-state index is 8.00. The first-order chi connectivity index (χ1) is 6.83. The van der Waals surface area contributed by atoms with Gasteiger partial charge < -0.3 is 0 Å². The normalized spacial score (nSPS) is 8.36. The van der Waals surface area contributed by atoms with E-state index >= 15 is 0 Å². The highest BCUT2D eigenvalue weighted by Gasteiger charge is 1.87. The van der Waals surface area contributed by atoms with Crippen LogP contribution in [0.25, 0.3) is 10.4 Å². The van der Waals surface area contributed by atoms with Crippen LogP contribution < -0.4 is 0 Å². The van der Waals surface area contributed by atoms with Crippen molar-refractivity contribution in [1.82, 2.24) is 10.2 Å². The van der Waals surface area contributed by atoms with Crippen molar-refractivity contribution in [3.63, 3.8) is 0 Å². The van der Waals surface area contributed by atoms with Crippen LogP contribution in [0.3, 0.4) is 0 Å². The van der Waals surface area contributed by atoms with Crippen molar-refractivity contribution in [2.45, 2.75) is 13.3 Å². The summed E-state index contributed by atoms with van der Waals surface area (Å²) in [6.07, 6.45) is 0.541. The highest BCUT2D eigenvalue weighted by Crippen LogP contribution is 1.92. The molecule has 5 heteroatoms. The van der Waals surface area contributed by atoms with E-state index in [0.29, 0.717) is 18.7 Å². The Morgan fingerprint density at radius 3 is 3.00 bits per heavy atom. The summed E-state index contributed by atoms with van der Waals surface area (Å²) in [6, 6.07) is 3.66. The smallest absolute Gasteiger partial charge is 0.135 e. The van der Waals surface area contributed by atoms with Crippen molar-refractivity contribution in [2.24, 2.45) is 5.11 Å². The Balaban J connectivity index is 2.51. The van der Waals surface area contributed by atoms with Crippen LogP contribution >= 0.6 is 0 Å². The molecule has 0 fully saturated rings. The van der Waals surface area contributed by atoms with Crippen LogP contribution in [-0.4, -0.2) is 16.7 Å². The van der Waals surface area contributed by atoms with Crippen LogP contribution in [0.15, 0.2) is 17.2 Å². The lowest BCUT2D eigenvalue weighted by molar-refractivity contribution is 0.965. The fourth-order valence-electron chi connectivity index (χ4n) is 0.769. The molecule has 70 valence electrons. The molecule has 0 aliphatic heterocycles. The van der Waals surface area contributed by atoms with Gasteiger partial charge in [0.25, 0.3) is 0 Å². The van der Waals surface area contributed by atoms with Gasteiger partial charge in [0, 0.05) is 17.9 Å². The lowest BCUT2D eigenvalue weighted by Crippen LogP contribution is -1.88. The molecule has 0 spiro atoms. The molecule has 1 aromatic rings. The van der Waals surface area contributed by atoms with E-state index < -0.39 is 0 Å². The zero-order chi connectivity index (χ0) is 10.2. The number of nitrogens with zero attached hydrogens (tertiary/aromatic N) is 5. The Bertz CT molecular complexity index is 391. The average Bonchev–Trinajstić information content (AvgIpc) is 2.21. The Kier molecular flexibility index (Phi) is 3.99. The van der Waals surface area contributed by atoms with E-state index in [4.69, 9.17) is 5.53 Å². The number of rotatable bonds is 2. The van der Waals surface area contributed by atoms with Crippen LogP contribution in [-0.2, 0) is 0 Å². The summed E-state index contributed by atoms with van der Waals surface area (Å²) in [5, 5.41) is 11.1. The molecular formula is C9H9N5. The Hall–Kier alpha value is -2.05. The van der Waals surface area contributed by atoms with Gasteiger partial charge in [-0.1, -0.05) is 11.0 Å². The second-order valence-electron chi connectivity index (χ2n) is 2.57. The largest absolute Gasteiger partial charge is 0.155 e. The quantitative estimate of drug-likeness (QED) is 0.233. The first-order valence-electron chi connectivity index (χ1n) is 4.13. The van der Waals surface area contributed by atoms with Gasteiger partial charge in [-0.25, -0.2) is 0 Å². The van der Waals surface area contributed by atoms with Crippen molar-refractivity contribution in [2.75, 3.05) is 6.54 Å². The molecule has 0 saturated heterocycles. The summed E-state index contributed by atoms with van der Waals surface area (Å²) >= 11 is 0. The van der Waals surface area contributed by atoms with Gasteiger partial charge in [0.2, 0.25) is 0 Å². The SMILES string of the molecule is Cc1ccc(C#CCCN=[N+]=[N-])nn1. The predicted molar refractivity (Wildman–Crippen MR) is 52.3 cm³/mol.